The molecular formula is C22H25ClN2O5S. The van der Waals surface area contributed by atoms with Crippen molar-refractivity contribution in [1.29, 1.82) is 0 Å². The summed E-state index contributed by atoms with van der Waals surface area (Å²) in [5.74, 6) is -1.25. The Morgan fingerprint density at radius 2 is 1.71 bits per heavy atom. The van der Waals surface area contributed by atoms with E-state index in [4.69, 9.17) is 16.3 Å². The van der Waals surface area contributed by atoms with Crippen LogP contribution in [0.1, 0.15) is 42.1 Å². The lowest BCUT2D eigenvalue weighted by Gasteiger charge is -2.26. The van der Waals surface area contributed by atoms with Gasteiger partial charge in [0.05, 0.1) is 21.2 Å². The molecule has 0 radical (unpaired) electrons. The molecule has 2 aromatic rings. The molecule has 3 rings (SSSR count). The minimum atomic E-state index is -3.68. The first-order chi connectivity index (χ1) is 14.7. The lowest BCUT2D eigenvalue weighted by molar-refractivity contribution is -0.123. The van der Waals surface area contributed by atoms with Crippen molar-refractivity contribution in [3.05, 3.63) is 58.6 Å². The molecule has 1 fully saturated rings. The topological polar surface area (TPSA) is 92.8 Å². The first-order valence-electron chi connectivity index (χ1n) is 10.1. The van der Waals surface area contributed by atoms with Gasteiger partial charge in [-0.2, -0.15) is 4.31 Å². The number of rotatable bonds is 6. The predicted octanol–water partition coefficient (Wildman–Crippen LogP) is 4.01. The van der Waals surface area contributed by atoms with Crippen LogP contribution in [0.3, 0.4) is 0 Å². The van der Waals surface area contributed by atoms with Crippen molar-refractivity contribution in [2.75, 3.05) is 18.4 Å². The van der Waals surface area contributed by atoms with Crippen LogP contribution in [0.5, 0.6) is 0 Å². The molecule has 166 valence electrons. The van der Waals surface area contributed by atoms with Crippen molar-refractivity contribution in [3.8, 4) is 0 Å². The second kappa shape index (κ2) is 9.80. The smallest absolute Gasteiger partial charge is 0.338 e. The Bertz CT molecular complexity index is 1060. The van der Waals surface area contributed by atoms with Crippen molar-refractivity contribution < 1.29 is 22.7 Å². The van der Waals surface area contributed by atoms with E-state index in [2.05, 4.69) is 5.32 Å². The normalized spacial score (nSPS) is 15.8. The molecule has 1 aliphatic heterocycles. The van der Waals surface area contributed by atoms with Crippen LogP contribution in [-0.4, -0.2) is 43.8 Å². The van der Waals surface area contributed by atoms with Crippen molar-refractivity contribution in [1.82, 2.24) is 4.31 Å². The highest BCUT2D eigenvalue weighted by Crippen LogP contribution is 2.28. The van der Waals surface area contributed by atoms with Gasteiger partial charge in [-0.25, -0.2) is 13.2 Å². The number of carbonyl (C=O) groups is 2. The number of sulfonamides is 1. The Morgan fingerprint density at radius 1 is 1.06 bits per heavy atom. The molecule has 0 saturated carbocycles. The molecule has 2 aromatic carbocycles. The van der Waals surface area contributed by atoms with Gasteiger partial charge in [0, 0.05) is 13.1 Å². The third-order valence-corrected chi connectivity index (χ3v) is 7.31. The molecule has 0 unspecified atom stereocenters. The molecule has 0 bridgehead atoms. The Balaban J connectivity index is 1.71. The lowest BCUT2D eigenvalue weighted by Crippen LogP contribution is -2.35. The van der Waals surface area contributed by atoms with E-state index in [1.54, 1.807) is 24.3 Å². The summed E-state index contributed by atoms with van der Waals surface area (Å²) in [7, 11) is -3.68. The zero-order chi connectivity index (χ0) is 22.6. The molecule has 31 heavy (non-hydrogen) atoms. The number of aryl methyl sites for hydroxylation is 1. The van der Waals surface area contributed by atoms with Crippen LogP contribution in [0.4, 0.5) is 5.69 Å². The average molecular weight is 465 g/mol. The van der Waals surface area contributed by atoms with E-state index in [0.717, 1.165) is 24.8 Å². The number of hydrogen-bond donors (Lipinski definition) is 1. The molecule has 1 saturated heterocycles. The molecule has 0 spiro atoms. The van der Waals surface area contributed by atoms with Gasteiger partial charge in [0.1, 0.15) is 0 Å². The maximum Gasteiger partial charge on any atom is 0.338 e. The molecular weight excluding hydrogens is 440 g/mol. The molecule has 1 atom stereocenters. The van der Waals surface area contributed by atoms with Gasteiger partial charge in [0.2, 0.25) is 10.0 Å². The third-order valence-electron chi connectivity index (χ3n) is 5.09. The molecule has 1 amide bonds. The summed E-state index contributed by atoms with van der Waals surface area (Å²) in [6, 6.07) is 11.0. The van der Waals surface area contributed by atoms with Crippen LogP contribution in [0.15, 0.2) is 47.4 Å². The maximum atomic E-state index is 12.9. The highest BCUT2D eigenvalue weighted by molar-refractivity contribution is 7.89. The van der Waals surface area contributed by atoms with Crippen LogP contribution in [0.2, 0.25) is 5.02 Å². The predicted molar refractivity (Wildman–Crippen MR) is 119 cm³/mol. The van der Waals surface area contributed by atoms with Crippen LogP contribution in [0.25, 0.3) is 0 Å². The van der Waals surface area contributed by atoms with E-state index >= 15 is 0 Å². The van der Waals surface area contributed by atoms with Gasteiger partial charge in [-0.1, -0.05) is 35.7 Å². The summed E-state index contributed by atoms with van der Waals surface area (Å²) in [5.41, 5.74) is 1.47. The lowest BCUT2D eigenvalue weighted by atomic mass is 10.1. The summed E-state index contributed by atoms with van der Waals surface area (Å²) >= 11 is 6.17. The first-order valence-corrected chi connectivity index (χ1v) is 11.9. The number of nitrogens with zero attached hydrogens (tertiary/aromatic N) is 1. The van der Waals surface area contributed by atoms with Gasteiger partial charge in [-0.15, -0.1) is 0 Å². The van der Waals surface area contributed by atoms with Gasteiger partial charge in [0.15, 0.2) is 6.10 Å². The Morgan fingerprint density at radius 3 is 2.35 bits per heavy atom. The van der Waals surface area contributed by atoms with E-state index in [9.17, 15) is 18.0 Å². The maximum absolute atomic E-state index is 12.9. The van der Waals surface area contributed by atoms with Crippen LogP contribution in [0, 0.1) is 6.92 Å². The van der Waals surface area contributed by atoms with E-state index in [1.165, 1.54) is 29.4 Å². The fourth-order valence-electron chi connectivity index (χ4n) is 3.22. The quantitative estimate of drug-likeness (QED) is 0.652. The summed E-state index contributed by atoms with van der Waals surface area (Å²) in [6.07, 6.45) is 1.54. The number of hydrogen-bond acceptors (Lipinski definition) is 5. The summed E-state index contributed by atoms with van der Waals surface area (Å²) < 4.78 is 32.5. The fourth-order valence-corrected chi connectivity index (χ4v) is 4.93. The standard InChI is InChI=1S/C22H25ClN2O5S/c1-15-6-8-17(9-7-15)22(27)30-16(2)21(26)24-20-14-18(10-11-19(20)23)31(28,29)25-12-4-3-5-13-25/h6-11,14,16H,3-5,12-13H2,1-2H3,(H,24,26)/t16-/m1/s1. The number of amides is 1. The van der Waals surface area contributed by atoms with Crippen molar-refractivity contribution >= 4 is 39.2 Å². The van der Waals surface area contributed by atoms with Crippen molar-refractivity contribution in [3.63, 3.8) is 0 Å². The van der Waals surface area contributed by atoms with Gasteiger partial charge in [0.25, 0.3) is 5.91 Å². The van der Waals surface area contributed by atoms with Gasteiger partial charge < -0.3 is 10.1 Å². The van der Waals surface area contributed by atoms with Gasteiger partial charge in [-0.05, 0) is 57.0 Å². The molecule has 0 aliphatic carbocycles. The minimum absolute atomic E-state index is 0.0541. The number of halogens is 1. The van der Waals surface area contributed by atoms with E-state index < -0.39 is 28.0 Å². The highest BCUT2D eigenvalue weighted by Gasteiger charge is 2.27. The largest absolute Gasteiger partial charge is 0.449 e. The first kappa shape index (κ1) is 23.2. The SMILES string of the molecule is Cc1ccc(C(=O)O[C@H](C)C(=O)Nc2cc(S(=O)(=O)N3CCCCC3)ccc2Cl)cc1. The Labute approximate surface area is 187 Å². The molecule has 1 N–H and O–H groups in total. The van der Waals surface area contributed by atoms with Crippen LogP contribution < -0.4 is 5.32 Å². The molecule has 1 heterocycles. The zero-order valence-electron chi connectivity index (χ0n) is 17.4. The molecule has 7 nitrogen and oxygen atoms in total. The van der Waals surface area contributed by atoms with Gasteiger partial charge in [-0.3, -0.25) is 4.79 Å². The minimum Gasteiger partial charge on any atom is -0.449 e. The van der Waals surface area contributed by atoms with E-state index in [0.29, 0.717) is 18.7 Å². The summed E-state index contributed by atoms with van der Waals surface area (Å²) in [6.45, 7) is 4.27. The van der Waals surface area contributed by atoms with E-state index in [1.807, 2.05) is 6.92 Å². The second-order valence-corrected chi connectivity index (χ2v) is 9.85. The number of anilines is 1. The van der Waals surface area contributed by atoms with Crippen LogP contribution in [-0.2, 0) is 19.6 Å². The third kappa shape index (κ3) is 5.64. The highest BCUT2D eigenvalue weighted by atomic mass is 35.5. The summed E-state index contributed by atoms with van der Waals surface area (Å²) in [4.78, 5) is 24.8. The monoisotopic (exact) mass is 464 g/mol. The van der Waals surface area contributed by atoms with Crippen molar-refractivity contribution in [2.45, 2.75) is 44.1 Å². The van der Waals surface area contributed by atoms with Gasteiger partial charge >= 0.3 is 5.97 Å². The van der Waals surface area contributed by atoms with Crippen molar-refractivity contribution in [2.24, 2.45) is 0 Å². The summed E-state index contributed by atoms with van der Waals surface area (Å²) in [5, 5.41) is 2.74. The second-order valence-electron chi connectivity index (χ2n) is 7.51. The molecule has 0 aromatic heterocycles. The number of benzene rings is 2. The van der Waals surface area contributed by atoms with Crippen LogP contribution >= 0.6 is 11.6 Å². The number of nitrogens with one attached hydrogen (secondary N) is 1. The Hall–Kier alpha value is -2.42. The fraction of sp³-hybridized carbons (Fsp3) is 0.364. The molecule has 9 heteroatoms. The number of carbonyl (C=O) groups excluding carboxylic acids is 2. The zero-order valence-corrected chi connectivity index (χ0v) is 19.0. The number of ether oxygens (including phenoxy) is 1. The van der Waals surface area contributed by atoms with E-state index in [-0.39, 0.29) is 15.6 Å². The number of esters is 1. The number of piperidine rings is 1. The average Bonchev–Trinajstić information content (AvgIpc) is 2.76. The molecule has 1 aliphatic rings. The Kier molecular flexibility index (Phi) is 7.35.